The molecule has 126 valence electrons. The number of amides is 2. The first kappa shape index (κ1) is 16.5. The van der Waals surface area contributed by atoms with Crippen molar-refractivity contribution in [1.82, 2.24) is 0 Å². The number of azo groups is 1. The van der Waals surface area contributed by atoms with E-state index >= 15 is 0 Å². The summed E-state index contributed by atoms with van der Waals surface area (Å²) < 4.78 is 0. The van der Waals surface area contributed by atoms with E-state index in [-0.39, 0.29) is 11.8 Å². The van der Waals surface area contributed by atoms with Crippen LogP contribution in [0.25, 0.3) is 0 Å². The molecule has 2 aromatic rings. The smallest absolute Gasteiger partial charge is 0.280 e. The molecule has 0 saturated heterocycles. The Hall–Kier alpha value is -3.35. The summed E-state index contributed by atoms with van der Waals surface area (Å²) in [6.45, 7) is 3.20. The Bertz CT molecular complexity index is 844. The van der Waals surface area contributed by atoms with Crippen LogP contribution in [0.5, 0.6) is 0 Å². The zero-order chi connectivity index (χ0) is 17.8. The molecule has 0 aromatic heterocycles. The third-order valence-corrected chi connectivity index (χ3v) is 3.57. The summed E-state index contributed by atoms with van der Waals surface area (Å²) in [7, 11) is 0. The topological polar surface area (TPSA) is 86.5 Å². The van der Waals surface area contributed by atoms with Crippen LogP contribution in [0, 0.1) is 0 Å². The number of rotatable bonds is 4. The number of para-hydroxylation sites is 1. The van der Waals surface area contributed by atoms with Gasteiger partial charge >= 0.3 is 0 Å². The maximum Gasteiger partial charge on any atom is 0.280 e. The minimum Gasteiger partial charge on any atom is -0.326 e. The minimum absolute atomic E-state index is 0.140. The van der Waals surface area contributed by atoms with Gasteiger partial charge in [0.25, 0.3) is 5.91 Å². The number of hydrogen-bond donors (Lipinski definition) is 1. The van der Waals surface area contributed by atoms with Gasteiger partial charge in [0.2, 0.25) is 5.91 Å². The highest BCUT2D eigenvalue weighted by molar-refractivity contribution is 6.18. The summed E-state index contributed by atoms with van der Waals surface area (Å²) in [6, 6.07) is 15.4. The van der Waals surface area contributed by atoms with Crippen molar-refractivity contribution in [2.24, 2.45) is 15.3 Å². The van der Waals surface area contributed by atoms with Gasteiger partial charge in [-0.3, -0.25) is 9.59 Å². The zero-order valence-electron chi connectivity index (χ0n) is 13.9. The van der Waals surface area contributed by atoms with E-state index in [1.165, 1.54) is 11.9 Å². The predicted molar refractivity (Wildman–Crippen MR) is 96.1 cm³/mol. The van der Waals surface area contributed by atoms with E-state index in [1.54, 1.807) is 31.2 Å². The average Bonchev–Trinajstić information content (AvgIpc) is 2.89. The lowest BCUT2D eigenvalue weighted by molar-refractivity contribution is -0.118. The highest BCUT2D eigenvalue weighted by Crippen LogP contribution is 2.23. The van der Waals surface area contributed by atoms with Gasteiger partial charge in [0, 0.05) is 12.6 Å². The summed E-state index contributed by atoms with van der Waals surface area (Å²) >= 11 is 0. The third kappa shape index (κ3) is 3.77. The zero-order valence-corrected chi connectivity index (χ0v) is 13.9. The molecule has 0 aliphatic carbocycles. The molecule has 1 aliphatic heterocycles. The molecule has 2 aromatic carbocycles. The number of nitrogens with one attached hydrogen (secondary N) is 1. The SMILES string of the molecule is CC(=O)Nc1ccc(N=N[C@H]2C(=O)N(c3ccccc3)N=C2C)cc1. The predicted octanol–water partition coefficient (Wildman–Crippen LogP) is 3.52. The molecule has 1 aliphatic rings. The molecule has 1 N–H and O–H groups in total. The summed E-state index contributed by atoms with van der Waals surface area (Å²) in [5.41, 5.74) is 2.56. The fourth-order valence-corrected chi connectivity index (χ4v) is 2.38. The molecule has 7 nitrogen and oxygen atoms in total. The van der Waals surface area contributed by atoms with Gasteiger partial charge in [0.15, 0.2) is 6.04 Å². The van der Waals surface area contributed by atoms with Gasteiger partial charge in [0.05, 0.1) is 17.1 Å². The number of carbonyl (C=O) groups excluding carboxylic acids is 2. The maximum absolute atomic E-state index is 12.5. The van der Waals surface area contributed by atoms with E-state index in [2.05, 4.69) is 20.6 Å². The Morgan fingerprint density at radius 3 is 2.44 bits per heavy atom. The Balaban J connectivity index is 1.72. The molecule has 1 atom stereocenters. The van der Waals surface area contributed by atoms with Crippen LogP contribution in [-0.4, -0.2) is 23.6 Å². The lowest BCUT2D eigenvalue weighted by Crippen LogP contribution is -2.29. The lowest BCUT2D eigenvalue weighted by Gasteiger charge is -2.11. The van der Waals surface area contributed by atoms with Crippen molar-refractivity contribution < 1.29 is 9.59 Å². The Kier molecular flexibility index (Phi) is 4.65. The van der Waals surface area contributed by atoms with E-state index in [9.17, 15) is 9.59 Å². The number of carbonyl (C=O) groups is 2. The van der Waals surface area contributed by atoms with Crippen LogP contribution in [0.3, 0.4) is 0 Å². The Morgan fingerprint density at radius 1 is 1.12 bits per heavy atom. The van der Waals surface area contributed by atoms with E-state index in [0.717, 1.165) is 0 Å². The van der Waals surface area contributed by atoms with Gasteiger partial charge in [0.1, 0.15) is 0 Å². The van der Waals surface area contributed by atoms with E-state index in [0.29, 0.717) is 22.8 Å². The van der Waals surface area contributed by atoms with Crippen molar-refractivity contribution in [3.05, 3.63) is 54.6 Å². The van der Waals surface area contributed by atoms with Crippen molar-refractivity contribution in [3.63, 3.8) is 0 Å². The second kappa shape index (κ2) is 7.04. The minimum atomic E-state index is -0.727. The molecular weight excluding hydrogens is 318 g/mol. The van der Waals surface area contributed by atoms with Gasteiger partial charge in [-0.15, -0.1) is 0 Å². The fraction of sp³-hybridized carbons (Fsp3) is 0.167. The Morgan fingerprint density at radius 2 is 1.80 bits per heavy atom. The van der Waals surface area contributed by atoms with Gasteiger partial charge in [-0.25, -0.2) is 0 Å². The highest BCUT2D eigenvalue weighted by atomic mass is 16.2. The first-order chi connectivity index (χ1) is 12.0. The maximum atomic E-state index is 12.5. The standard InChI is InChI=1S/C18H17N5O2/c1-12-17(18(25)23(22-12)16-6-4-3-5-7-16)21-20-15-10-8-14(9-11-15)19-13(2)24/h3-11,17H,1-2H3,(H,19,24)/t17-/m1/s1. The lowest BCUT2D eigenvalue weighted by atomic mass is 10.2. The van der Waals surface area contributed by atoms with Crippen LogP contribution in [0.4, 0.5) is 17.1 Å². The van der Waals surface area contributed by atoms with Gasteiger partial charge < -0.3 is 5.32 Å². The fourth-order valence-electron chi connectivity index (χ4n) is 2.38. The highest BCUT2D eigenvalue weighted by Gasteiger charge is 2.34. The molecule has 0 spiro atoms. The summed E-state index contributed by atoms with van der Waals surface area (Å²) in [5, 5.41) is 16.6. The van der Waals surface area contributed by atoms with Crippen LogP contribution < -0.4 is 10.3 Å². The average molecular weight is 335 g/mol. The van der Waals surface area contributed by atoms with Gasteiger partial charge in [-0.1, -0.05) is 18.2 Å². The first-order valence-corrected chi connectivity index (χ1v) is 7.77. The third-order valence-electron chi connectivity index (χ3n) is 3.57. The number of benzene rings is 2. The molecule has 7 heteroatoms. The van der Waals surface area contributed by atoms with Crippen molar-refractivity contribution >= 4 is 34.6 Å². The summed E-state index contributed by atoms with van der Waals surface area (Å²) in [5.74, 6) is -0.374. The van der Waals surface area contributed by atoms with Crippen molar-refractivity contribution in [3.8, 4) is 0 Å². The number of hydrogen-bond acceptors (Lipinski definition) is 5. The number of hydrazone groups is 1. The number of anilines is 2. The van der Waals surface area contributed by atoms with E-state index in [1.807, 2.05) is 30.3 Å². The quantitative estimate of drug-likeness (QED) is 0.867. The normalized spacial score (nSPS) is 17.0. The molecule has 0 bridgehead atoms. The second-order valence-electron chi connectivity index (χ2n) is 5.57. The molecule has 0 fully saturated rings. The van der Waals surface area contributed by atoms with Crippen molar-refractivity contribution in [2.45, 2.75) is 19.9 Å². The van der Waals surface area contributed by atoms with Crippen LogP contribution in [0.15, 0.2) is 69.9 Å². The molecule has 2 amide bonds. The molecule has 25 heavy (non-hydrogen) atoms. The molecule has 3 rings (SSSR count). The molecule has 0 unspecified atom stereocenters. The second-order valence-corrected chi connectivity index (χ2v) is 5.57. The molecule has 0 radical (unpaired) electrons. The van der Waals surface area contributed by atoms with Gasteiger partial charge in [-0.2, -0.15) is 20.3 Å². The van der Waals surface area contributed by atoms with E-state index in [4.69, 9.17) is 0 Å². The molecule has 0 saturated carbocycles. The van der Waals surface area contributed by atoms with Crippen LogP contribution in [0.1, 0.15) is 13.8 Å². The van der Waals surface area contributed by atoms with Crippen molar-refractivity contribution in [2.75, 3.05) is 10.3 Å². The first-order valence-electron chi connectivity index (χ1n) is 7.77. The molecule has 1 heterocycles. The summed E-state index contributed by atoms with van der Waals surface area (Å²) in [6.07, 6.45) is 0. The monoisotopic (exact) mass is 335 g/mol. The van der Waals surface area contributed by atoms with Crippen molar-refractivity contribution in [1.29, 1.82) is 0 Å². The summed E-state index contributed by atoms with van der Waals surface area (Å²) in [4.78, 5) is 23.5. The molecular formula is C18H17N5O2. The van der Waals surface area contributed by atoms with E-state index < -0.39 is 6.04 Å². The largest absolute Gasteiger partial charge is 0.326 e. The van der Waals surface area contributed by atoms with Crippen LogP contribution >= 0.6 is 0 Å². The number of nitrogens with zero attached hydrogens (tertiary/aromatic N) is 4. The van der Waals surface area contributed by atoms with Gasteiger partial charge in [-0.05, 0) is 43.3 Å². The Labute approximate surface area is 145 Å². The van der Waals surface area contributed by atoms with Crippen LogP contribution in [-0.2, 0) is 9.59 Å². The van der Waals surface area contributed by atoms with Crippen LogP contribution in [0.2, 0.25) is 0 Å².